The quantitative estimate of drug-likeness (QED) is 0.178. The van der Waals surface area contributed by atoms with Gasteiger partial charge in [0.2, 0.25) is 5.91 Å². The van der Waals surface area contributed by atoms with E-state index < -0.39 is 11.9 Å². The van der Waals surface area contributed by atoms with Gasteiger partial charge in [-0.1, -0.05) is 70.4 Å². The van der Waals surface area contributed by atoms with Crippen molar-refractivity contribution < 1.29 is 24.6 Å². The highest BCUT2D eigenvalue weighted by Gasteiger charge is 1.99. The predicted octanol–water partition coefficient (Wildman–Crippen LogP) is 5.28. The van der Waals surface area contributed by atoms with E-state index in [4.69, 9.17) is 25.5 Å². The van der Waals surface area contributed by atoms with E-state index in [1.165, 1.54) is 70.6 Å². The molecule has 0 aliphatic rings. The molecule has 0 aromatic heterocycles. The standard InChI is InChI=1S/C20H40N2O.2C2H4O2/c1-2-3-4-5-6-7-8-9-10-11-12-13-14-15-16-17-20(23)22-19-18-21;2*1-2(3)4/h9-10H,2-8,11-19,21H2,1H3,(H,22,23);2*1H3,(H,3,4)/b10-9-;;. The molecule has 0 rings (SSSR count). The van der Waals surface area contributed by atoms with Crippen molar-refractivity contribution in [2.75, 3.05) is 13.1 Å². The maximum Gasteiger partial charge on any atom is 0.300 e. The molecule has 31 heavy (non-hydrogen) atoms. The predicted molar refractivity (Wildman–Crippen MR) is 128 cm³/mol. The lowest BCUT2D eigenvalue weighted by Gasteiger charge is -2.03. The van der Waals surface area contributed by atoms with Gasteiger partial charge in [-0.2, -0.15) is 0 Å². The molecule has 0 fully saturated rings. The average Bonchev–Trinajstić information content (AvgIpc) is 2.68. The largest absolute Gasteiger partial charge is 0.481 e. The van der Waals surface area contributed by atoms with Crippen molar-refractivity contribution in [3.8, 4) is 0 Å². The summed E-state index contributed by atoms with van der Waals surface area (Å²) in [6, 6.07) is 0. The lowest BCUT2D eigenvalue weighted by molar-refractivity contribution is -0.135. The highest BCUT2D eigenvalue weighted by atomic mass is 16.4. The lowest BCUT2D eigenvalue weighted by Crippen LogP contribution is -2.28. The van der Waals surface area contributed by atoms with Gasteiger partial charge < -0.3 is 21.3 Å². The summed E-state index contributed by atoms with van der Waals surface area (Å²) in [5.41, 5.74) is 5.34. The van der Waals surface area contributed by atoms with Crippen LogP contribution in [0.5, 0.6) is 0 Å². The molecule has 0 spiro atoms. The van der Waals surface area contributed by atoms with Gasteiger partial charge in [-0.15, -0.1) is 0 Å². The Kier molecular flexibility index (Phi) is 33.0. The molecule has 0 aromatic carbocycles. The SMILES string of the molecule is CC(=O)O.CC(=O)O.CCCCCCCC/C=C\CCCCCCCC(=O)NCCN. The molecule has 0 aromatic rings. The molecule has 0 unspecified atom stereocenters. The van der Waals surface area contributed by atoms with Crippen LogP contribution in [-0.4, -0.2) is 41.1 Å². The van der Waals surface area contributed by atoms with Crippen LogP contribution in [0.2, 0.25) is 0 Å². The fourth-order valence-corrected chi connectivity index (χ4v) is 2.66. The zero-order valence-electron chi connectivity index (χ0n) is 20.2. The van der Waals surface area contributed by atoms with Crippen molar-refractivity contribution in [3.63, 3.8) is 0 Å². The zero-order chi connectivity index (χ0) is 24.2. The number of rotatable bonds is 17. The van der Waals surface area contributed by atoms with Gasteiger partial charge >= 0.3 is 0 Å². The summed E-state index contributed by atoms with van der Waals surface area (Å²) >= 11 is 0. The Morgan fingerprint density at radius 2 is 1.13 bits per heavy atom. The lowest BCUT2D eigenvalue weighted by atomic mass is 10.1. The zero-order valence-corrected chi connectivity index (χ0v) is 20.2. The van der Waals surface area contributed by atoms with E-state index in [0.717, 1.165) is 26.7 Å². The average molecular weight is 445 g/mol. The second-order valence-corrected chi connectivity index (χ2v) is 7.51. The second kappa shape index (κ2) is 30.3. The third kappa shape index (κ3) is 52.5. The Morgan fingerprint density at radius 1 is 0.742 bits per heavy atom. The molecule has 0 heterocycles. The van der Waals surface area contributed by atoms with Crippen molar-refractivity contribution in [2.24, 2.45) is 5.73 Å². The number of carbonyl (C=O) groups is 3. The van der Waals surface area contributed by atoms with Crippen molar-refractivity contribution in [1.82, 2.24) is 5.32 Å². The number of carboxylic acids is 2. The van der Waals surface area contributed by atoms with Gasteiger partial charge in [0, 0.05) is 33.4 Å². The summed E-state index contributed by atoms with van der Waals surface area (Å²) in [5.74, 6) is -1.52. The number of aliphatic carboxylic acids is 2. The molecule has 1 amide bonds. The maximum absolute atomic E-state index is 11.4. The van der Waals surface area contributed by atoms with E-state index in [9.17, 15) is 4.79 Å². The monoisotopic (exact) mass is 444 g/mol. The smallest absolute Gasteiger partial charge is 0.300 e. The molecule has 0 saturated heterocycles. The van der Waals surface area contributed by atoms with E-state index in [2.05, 4.69) is 24.4 Å². The van der Waals surface area contributed by atoms with Crippen molar-refractivity contribution in [2.45, 2.75) is 111 Å². The van der Waals surface area contributed by atoms with Gasteiger partial charge in [0.1, 0.15) is 0 Å². The number of nitrogens with one attached hydrogen (secondary N) is 1. The van der Waals surface area contributed by atoms with E-state index in [1.54, 1.807) is 0 Å². The molecule has 7 nitrogen and oxygen atoms in total. The van der Waals surface area contributed by atoms with E-state index in [-0.39, 0.29) is 5.91 Å². The number of allylic oxidation sites excluding steroid dienone is 2. The number of carboxylic acid groups (broad SMARTS) is 2. The van der Waals surface area contributed by atoms with Gasteiger partial charge in [-0.25, -0.2) is 0 Å². The van der Waals surface area contributed by atoms with Crippen LogP contribution in [0.4, 0.5) is 0 Å². The summed E-state index contributed by atoms with van der Waals surface area (Å²) in [4.78, 5) is 29.4. The number of amides is 1. The van der Waals surface area contributed by atoms with Crippen LogP contribution >= 0.6 is 0 Å². The molecule has 0 aliphatic carbocycles. The number of unbranched alkanes of at least 4 members (excludes halogenated alkanes) is 11. The summed E-state index contributed by atoms with van der Waals surface area (Å²) in [7, 11) is 0. The Labute approximate surface area is 189 Å². The fourth-order valence-electron chi connectivity index (χ4n) is 2.66. The van der Waals surface area contributed by atoms with Crippen LogP contribution in [0, 0.1) is 0 Å². The molecular formula is C24H48N2O5. The van der Waals surface area contributed by atoms with Crippen LogP contribution in [-0.2, 0) is 14.4 Å². The van der Waals surface area contributed by atoms with E-state index in [1.807, 2.05) is 0 Å². The topological polar surface area (TPSA) is 130 Å². The normalized spacial score (nSPS) is 9.94. The van der Waals surface area contributed by atoms with Crippen LogP contribution in [0.1, 0.15) is 111 Å². The number of hydrogen-bond acceptors (Lipinski definition) is 4. The van der Waals surface area contributed by atoms with Gasteiger partial charge in [-0.3, -0.25) is 14.4 Å². The van der Waals surface area contributed by atoms with Gasteiger partial charge in [0.05, 0.1) is 0 Å². The first-order valence-corrected chi connectivity index (χ1v) is 11.8. The molecule has 7 heteroatoms. The molecule has 5 N–H and O–H groups in total. The van der Waals surface area contributed by atoms with Crippen LogP contribution in [0.15, 0.2) is 12.2 Å². The van der Waals surface area contributed by atoms with Crippen molar-refractivity contribution in [1.29, 1.82) is 0 Å². The third-order valence-electron chi connectivity index (χ3n) is 4.13. The third-order valence-corrected chi connectivity index (χ3v) is 4.13. The summed E-state index contributed by atoms with van der Waals surface area (Å²) in [5, 5.41) is 17.6. The van der Waals surface area contributed by atoms with E-state index >= 15 is 0 Å². The Balaban J connectivity index is -0.000000832. The molecule has 0 bridgehead atoms. The Hall–Kier alpha value is -1.89. The number of carbonyl (C=O) groups excluding carboxylic acids is 1. The molecule has 0 aliphatic heterocycles. The first-order valence-electron chi connectivity index (χ1n) is 11.8. The molecule has 184 valence electrons. The first-order chi connectivity index (χ1) is 14.8. The molecular weight excluding hydrogens is 396 g/mol. The van der Waals surface area contributed by atoms with Gasteiger partial charge in [-0.05, 0) is 32.1 Å². The maximum atomic E-state index is 11.4. The first kappa shape index (κ1) is 33.7. The summed E-state index contributed by atoms with van der Waals surface area (Å²) in [6.45, 7) is 5.56. The molecule has 0 saturated carbocycles. The number of hydrogen-bond donors (Lipinski definition) is 4. The second-order valence-electron chi connectivity index (χ2n) is 7.51. The molecule has 0 atom stereocenters. The number of nitrogens with two attached hydrogens (primary N) is 1. The van der Waals surface area contributed by atoms with Gasteiger partial charge in [0.15, 0.2) is 0 Å². The van der Waals surface area contributed by atoms with Crippen molar-refractivity contribution >= 4 is 17.8 Å². The Bertz CT molecular complexity index is 420. The van der Waals surface area contributed by atoms with Crippen LogP contribution in [0.25, 0.3) is 0 Å². The van der Waals surface area contributed by atoms with Crippen molar-refractivity contribution in [3.05, 3.63) is 12.2 Å². The summed E-state index contributed by atoms with van der Waals surface area (Å²) in [6.07, 6.45) is 22.1. The van der Waals surface area contributed by atoms with Crippen LogP contribution in [0.3, 0.4) is 0 Å². The van der Waals surface area contributed by atoms with Crippen LogP contribution < -0.4 is 11.1 Å². The molecule has 0 radical (unpaired) electrons. The fraction of sp³-hybridized carbons (Fsp3) is 0.792. The van der Waals surface area contributed by atoms with E-state index in [0.29, 0.717) is 19.5 Å². The highest BCUT2D eigenvalue weighted by Crippen LogP contribution is 2.09. The minimum atomic E-state index is -0.833. The van der Waals surface area contributed by atoms with Gasteiger partial charge in [0.25, 0.3) is 11.9 Å². The highest BCUT2D eigenvalue weighted by molar-refractivity contribution is 5.75. The minimum Gasteiger partial charge on any atom is -0.481 e. The summed E-state index contributed by atoms with van der Waals surface area (Å²) < 4.78 is 0. The Morgan fingerprint density at radius 3 is 1.55 bits per heavy atom. The minimum absolute atomic E-state index is 0.146.